The summed E-state index contributed by atoms with van der Waals surface area (Å²) in [7, 11) is 3.01. The first-order chi connectivity index (χ1) is 8.17. The third kappa shape index (κ3) is 2.21. The second-order valence-corrected chi connectivity index (χ2v) is 4.47. The van der Waals surface area contributed by atoms with E-state index >= 15 is 0 Å². The number of halogens is 1. The minimum absolute atomic E-state index is 0.345. The van der Waals surface area contributed by atoms with E-state index in [0.717, 1.165) is 20.9 Å². The zero-order valence-corrected chi connectivity index (χ0v) is 11.1. The Balaban J connectivity index is 2.56. The topological polar surface area (TPSA) is 51.3 Å². The van der Waals surface area contributed by atoms with Gasteiger partial charge in [0, 0.05) is 28.7 Å². The van der Waals surface area contributed by atoms with E-state index in [1.54, 1.807) is 13.3 Å². The lowest BCUT2D eigenvalue weighted by atomic mass is 10.1. The number of fused-ring (bicyclic) bond motifs is 1. The summed E-state index contributed by atoms with van der Waals surface area (Å²) < 4.78 is 10.7. The van der Waals surface area contributed by atoms with Crippen LogP contribution < -0.4 is 0 Å². The maximum atomic E-state index is 11.5. The average molecular weight is 298 g/mol. The summed E-state index contributed by atoms with van der Waals surface area (Å²) >= 11 is 3.46. The molecule has 0 aliphatic heterocycles. The molecule has 0 aliphatic rings. The zero-order valence-electron chi connectivity index (χ0n) is 9.54. The molecule has 4 nitrogen and oxygen atoms in total. The molecule has 0 radical (unpaired) electrons. The first-order valence-corrected chi connectivity index (χ1v) is 5.83. The molecule has 0 atom stereocenters. The fourth-order valence-electron chi connectivity index (χ4n) is 1.73. The number of hydrogen-bond donors (Lipinski definition) is 1. The number of H-pyrrole nitrogens is 1. The monoisotopic (exact) mass is 297 g/mol. The fourth-order valence-corrected chi connectivity index (χ4v) is 2.19. The number of ether oxygens (including phenoxy) is 2. The summed E-state index contributed by atoms with van der Waals surface area (Å²) in [6.45, 7) is 0.517. The first kappa shape index (κ1) is 12.1. The van der Waals surface area contributed by atoms with Gasteiger partial charge in [-0.2, -0.15) is 0 Å². The van der Waals surface area contributed by atoms with Crippen molar-refractivity contribution in [2.45, 2.75) is 6.61 Å². The molecule has 2 aromatic rings. The molecule has 0 aliphatic carbocycles. The highest BCUT2D eigenvalue weighted by Gasteiger charge is 2.14. The number of hydrogen-bond acceptors (Lipinski definition) is 3. The molecule has 0 saturated carbocycles. The molecule has 2 rings (SSSR count). The van der Waals surface area contributed by atoms with Crippen LogP contribution in [0, 0.1) is 0 Å². The Morgan fingerprint density at radius 1 is 1.41 bits per heavy atom. The van der Waals surface area contributed by atoms with Crippen molar-refractivity contribution >= 4 is 32.8 Å². The number of carbonyl (C=O) groups is 1. The Morgan fingerprint density at radius 2 is 2.18 bits per heavy atom. The molecule has 0 amide bonds. The number of aromatic amines is 1. The minimum Gasteiger partial charge on any atom is -0.465 e. The second-order valence-electron chi connectivity index (χ2n) is 3.62. The normalized spacial score (nSPS) is 10.8. The van der Waals surface area contributed by atoms with E-state index < -0.39 is 0 Å². The Kier molecular flexibility index (Phi) is 3.49. The predicted octanol–water partition coefficient (Wildman–Crippen LogP) is 2.86. The SMILES string of the molecule is COCc1cc2[nH]cc(C(=O)OC)c2cc1Br. The van der Waals surface area contributed by atoms with Crippen LogP contribution in [0.3, 0.4) is 0 Å². The highest BCUT2D eigenvalue weighted by molar-refractivity contribution is 9.10. The summed E-state index contributed by atoms with van der Waals surface area (Å²) in [6.07, 6.45) is 1.65. The summed E-state index contributed by atoms with van der Waals surface area (Å²) in [4.78, 5) is 14.6. The van der Waals surface area contributed by atoms with Crippen molar-refractivity contribution in [2.75, 3.05) is 14.2 Å². The molecule has 0 spiro atoms. The number of esters is 1. The number of nitrogens with one attached hydrogen (secondary N) is 1. The van der Waals surface area contributed by atoms with Crippen LogP contribution in [0.1, 0.15) is 15.9 Å². The molecule has 5 heteroatoms. The van der Waals surface area contributed by atoms with Gasteiger partial charge >= 0.3 is 5.97 Å². The molecular weight excluding hydrogens is 286 g/mol. The third-order valence-electron chi connectivity index (χ3n) is 2.55. The van der Waals surface area contributed by atoms with Crippen molar-refractivity contribution in [2.24, 2.45) is 0 Å². The van der Waals surface area contributed by atoms with Crippen LogP contribution >= 0.6 is 15.9 Å². The first-order valence-electron chi connectivity index (χ1n) is 5.04. The number of rotatable bonds is 3. The number of benzene rings is 1. The summed E-state index contributed by atoms with van der Waals surface area (Å²) in [5.74, 6) is -0.345. The smallest absolute Gasteiger partial charge is 0.340 e. The van der Waals surface area contributed by atoms with Crippen LogP contribution in [0.25, 0.3) is 10.9 Å². The van der Waals surface area contributed by atoms with E-state index in [4.69, 9.17) is 9.47 Å². The number of carbonyl (C=O) groups excluding carboxylic acids is 1. The molecule has 0 unspecified atom stereocenters. The van der Waals surface area contributed by atoms with Crippen LogP contribution in [-0.4, -0.2) is 25.2 Å². The van der Waals surface area contributed by atoms with Crippen molar-refractivity contribution in [1.29, 1.82) is 0 Å². The number of methoxy groups -OCH3 is 2. The maximum Gasteiger partial charge on any atom is 0.340 e. The van der Waals surface area contributed by atoms with E-state index in [9.17, 15) is 4.79 Å². The summed E-state index contributed by atoms with van der Waals surface area (Å²) in [6, 6.07) is 3.85. The molecular formula is C12H12BrNO3. The molecule has 0 saturated heterocycles. The lowest BCUT2D eigenvalue weighted by Gasteiger charge is -2.04. The number of aromatic nitrogens is 1. The Bertz CT molecular complexity index is 562. The molecule has 1 N–H and O–H groups in total. The lowest BCUT2D eigenvalue weighted by molar-refractivity contribution is 0.0603. The largest absolute Gasteiger partial charge is 0.465 e. The van der Waals surface area contributed by atoms with Crippen LogP contribution in [0.2, 0.25) is 0 Å². The molecule has 0 bridgehead atoms. The molecule has 0 fully saturated rings. The minimum atomic E-state index is -0.345. The van der Waals surface area contributed by atoms with Gasteiger partial charge in [-0.15, -0.1) is 0 Å². The van der Waals surface area contributed by atoms with E-state index in [-0.39, 0.29) is 5.97 Å². The van der Waals surface area contributed by atoms with E-state index in [0.29, 0.717) is 12.2 Å². The highest BCUT2D eigenvalue weighted by atomic mass is 79.9. The molecule has 17 heavy (non-hydrogen) atoms. The van der Waals surface area contributed by atoms with Gasteiger partial charge in [-0.25, -0.2) is 4.79 Å². The molecule has 90 valence electrons. The molecule has 1 aromatic heterocycles. The predicted molar refractivity (Wildman–Crippen MR) is 68.1 cm³/mol. The van der Waals surface area contributed by atoms with Crippen molar-refractivity contribution in [1.82, 2.24) is 4.98 Å². The standard InChI is InChI=1S/C12H12BrNO3/c1-16-6-7-3-11-8(4-10(7)13)9(5-14-11)12(15)17-2/h3-5,14H,6H2,1-2H3. The van der Waals surface area contributed by atoms with Crippen molar-refractivity contribution < 1.29 is 14.3 Å². The van der Waals surface area contributed by atoms with Gasteiger partial charge in [-0.1, -0.05) is 15.9 Å². The van der Waals surface area contributed by atoms with Crippen LogP contribution in [-0.2, 0) is 16.1 Å². The van der Waals surface area contributed by atoms with Gasteiger partial charge < -0.3 is 14.5 Å². The molecule has 1 aromatic carbocycles. The zero-order chi connectivity index (χ0) is 12.4. The van der Waals surface area contributed by atoms with Gasteiger partial charge in [0.25, 0.3) is 0 Å². The average Bonchev–Trinajstić information content (AvgIpc) is 2.72. The van der Waals surface area contributed by atoms with Crippen molar-refractivity contribution in [3.8, 4) is 0 Å². The lowest BCUT2D eigenvalue weighted by Crippen LogP contribution is -1.99. The fraction of sp³-hybridized carbons (Fsp3) is 0.250. The van der Waals surface area contributed by atoms with Gasteiger partial charge in [0.05, 0.1) is 19.3 Å². The van der Waals surface area contributed by atoms with Gasteiger partial charge in [-0.3, -0.25) is 0 Å². The van der Waals surface area contributed by atoms with Crippen LogP contribution in [0.5, 0.6) is 0 Å². The van der Waals surface area contributed by atoms with Gasteiger partial charge in [0.2, 0.25) is 0 Å². The van der Waals surface area contributed by atoms with Crippen LogP contribution in [0.4, 0.5) is 0 Å². The summed E-state index contributed by atoms with van der Waals surface area (Å²) in [5.41, 5.74) is 2.45. The Labute approximate surface area is 107 Å². The summed E-state index contributed by atoms with van der Waals surface area (Å²) in [5, 5.41) is 0.837. The van der Waals surface area contributed by atoms with E-state index in [1.165, 1.54) is 7.11 Å². The highest BCUT2D eigenvalue weighted by Crippen LogP contribution is 2.27. The van der Waals surface area contributed by atoms with Crippen molar-refractivity contribution in [3.63, 3.8) is 0 Å². The third-order valence-corrected chi connectivity index (χ3v) is 3.29. The van der Waals surface area contributed by atoms with Gasteiger partial charge in [0.1, 0.15) is 0 Å². The maximum absolute atomic E-state index is 11.5. The quantitative estimate of drug-likeness (QED) is 0.886. The van der Waals surface area contributed by atoms with Gasteiger partial charge in [0.15, 0.2) is 0 Å². The molecule has 1 heterocycles. The van der Waals surface area contributed by atoms with E-state index in [1.807, 2.05) is 12.1 Å². The van der Waals surface area contributed by atoms with E-state index in [2.05, 4.69) is 20.9 Å². The van der Waals surface area contributed by atoms with Crippen molar-refractivity contribution in [3.05, 3.63) is 33.9 Å². The Morgan fingerprint density at radius 3 is 2.82 bits per heavy atom. The second kappa shape index (κ2) is 4.89. The van der Waals surface area contributed by atoms with Gasteiger partial charge in [-0.05, 0) is 17.7 Å². The van der Waals surface area contributed by atoms with Crippen LogP contribution in [0.15, 0.2) is 22.8 Å². The Hall–Kier alpha value is -1.33.